The van der Waals surface area contributed by atoms with Crippen LogP contribution >= 0.6 is 0 Å². The van der Waals surface area contributed by atoms with E-state index in [9.17, 15) is 9.18 Å². The summed E-state index contributed by atoms with van der Waals surface area (Å²) in [5, 5.41) is 2.94. The van der Waals surface area contributed by atoms with Crippen LogP contribution in [-0.2, 0) is 11.2 Å². The Hall–Kier alpha value is -1.42. The number of aryl methyl sites for hydroxylation is 1. The highest BCUT2D eigenvalue weighted by Crippen LogP contribution is 2.43. The van der Waals surface area contributed by atoms with Crippen molar-refractivity contribution < 1.29 is 9.18 Å². The maximum Gasteiger partial charge on any atom is 0.220 e. The summed E-state index contributed by atoms with van der Waals surface area (Å²) in [5.41, 5.74) is 6.78. The maximum atomic E-state index is 13.0. The Morgan fingerprint density at radius 2 is 2.21 bits per heavy atom. The van der Waals surface area contributed by atoms with Gasteiger partial charge in [0.25, 0.3) is 0 Å². The predicted octanol–water partition coefficient (Wildman–Crippen LogP) is 2.00. The third-order valence-electron chi connectivity index (χ3n) is 3.81. The van der Waals surface area contributed by atoms with Gasteiger partial charge >= 0.3 is 0 Å². The van der Waals surface area contributed by atoms with E-state index in [0.29, 0.717) is 19.5 Å². The summed E-state index contributed by atoms with van der Waals surface area (Å²) in [6.07, 6.45) is 4.19. The second-order valence-electron chi connectivity index (χ2n) is 5.46. The smallest absolute Gasteiger partial charge is 0.220 e. The lowest BCUT2D eigenvalue weighted by molar-refractivity contribution is -0.121. The van der Waals surface area contributed by atoms with Gasteiger partial charge in [-0.05, 0) is 55.3 Å². The molecule has 1 amide bonds. The molecular weight excluding hydrogens is 243 g/mol. The van der Waals surface area contributed by atoms with Crippen molar-refractivity contribution >= 4 is 5.91 Å². The molecule has 0 aromatic heterocycles. The summed E-state index contributed by atoms with van der Waals surface area (Å²) in [7, 11) is 0. The van der Waals surface area contributed by atoms with Gasteiger partial charge in [0.15, 0.2) is 0 Å². The van der Waals surface area contributed by atoms with E-state index in [4.69, 9.17) is 5.73 Å². The van der Waals surface area contributed by atoms with Crippen LogP contribution in [0.3, 0.4) is 0 Å². The number of amides is 1. The van der Waals surface area contributed by atoms with Crippen molar-refractivity contribution in [3.05, 3.63) is 35.6 Å². The topological polar surface area (TPSA) is 55.1 Å². The number of nitrogens with one attached hydrogen (secondary N) is 1. The molecule has 1 aliphatic rings. The van der Waals surface area contributed by atoms with Crippen molar-refractivity contribution in [2.45, 2.75) is 32.1 Å². The molecule has 0 saturated heterocycles. The summed E-state index contributed by atoms with van der Waals surface area (Å²) < 4.78 is 13.0. The van der Waals surface area contributed by atoms with E-state index in [1.807, 2.05) is 6.07 Å². The standard InChI is InChI=1S/C15H21FN2O/c16-13-5-1-3-12(9-13)4-2-6-14(19)18-11-15(10-17)7-8-15/h1,3,5,9H,2,4,6-8,10-11,17H2,(H,18,19). The second kappa shape index (κ2) is 6.15. The van der Waals surface area contributed by atoms with Crippen LogP contribution < -0.4 is 11.1 Å². The number of halogens is 1. The number of benzene rings is 1. The van der Waals surface area contributed by atoms with Crippen LogP contribution in [0.4, 0.5) is 4.39 Å². The molecule has 3 N–H and O–H groups in total. The Bertz CT molecular complexity index is 444. The second-order valence-corrected chi connectivity index (χ2v) is 5.46. The van der Waals surface area contributed by atoms with Crippen molar-refractivity contribution in [3.63, 3.8) is 0 Å². The van der Waals surface area contributed by atoms with Gasteiger partial charge < -0.3 is 11.1 Å². The van der Waals surface area contributed by atoms with Gasteiger partial charge in [-0.15, -0.1) is 0 Å². The number of nitrogens with two attached hydrogens (primary N) is 1. The minimum atomic E-state index is -0.222. The quantitative estimate of drug-likeness (QED) is 0.791. The number of carbonyl (C=O) groups excluding carboxylic acids is 1. The van der Waals surface area contributed by atoms with Gasteiger partial charge in [-0.2, -0.15) is 0 Å². The molecular formula is C15H21FN2O. The molecule has 0 bridgehead atoms. The zero-order valence-electron chi connectivity index (χ0n) is 11.1. The van der Waals surface area contributed by atoms with E-state index in [1.54, 1.807) is 6.07 Å². The number of hydrogen-bond donors (Lipinski definition) is 2. The van der Waals surface area contributed by atoms with Crippen molar-refractivity contribution in [2.75, 3.05) is 13.1 Å². The monoisotopic (exact) mass is 264 g/mol. The van der Waals surface area contributed by atoms with Crippen molar-refractivity contribution in [2.24, 2.45) is 11.1 Å². The molecule has 1 saturated carbocycles. The van der Waals surface area contributed by atoms with Crippen LogP contribution in [0.2, 0.25) is 0 Å². The normalized spacial score (nSPS) is 16.1. The lowest BCUT2D eigenvalue weighted by Gasteiger charge is -2.13. The van der Waals surface area contributed by atoms with Gasteiger partial charge in [-0.3, -0.25) is 4.79 Å². The van der Waals surface area contributed by atoms with Gasteiger partial charge in [0.2, 0.25) is 5.91 Å². The van der Waals surface area contributed by atoms with Gasteiger partial charge in [-0.1, -0.05) is 12.1 Å². The van der Waals surface area contributed by atoms with Gasteiger partial charge in [-0.25, -0.2) is 4.39 Å². The molecule has 1 aliphatic carbocycles. The fraction of sp³-hybridized carbons (Fsp3) is 0.533. The van der Waals surface area contributed by atoms with Crippen LogP contribution in [0.1, 0.15) is 31.2 Å². The Kier molecular flexibility index (Phi) is 4.53. The molecule has 2 rings (SSSR count). The molecule has 0 spiro atoms. The average Bonchev–Trinajstić information content (AvgIpc) is 3.17. The van der Waals surface area contributed by atoms with E-state index < -0.39 is 0 Å². The molecule has 104 valence electrons. The molecule has 0 heterocycles. The van der Waals surface area contributed by atoms with Crippen LogP contribution in [0.25, 0.3) is 0 Å². The summed E-state index contributed by atoms with van der Waals surface area (Å²) in [6.45, 7) is 1.35. The highest BCUT2D eigenvalue weighted by molar-refractivity contribution is 5.75. The zero-order valence-corrected chi connectivity index (χ0v) is 11.1. The number of carbonyl (C=O) groups is 1. The summed E-state index contributed by atoms with van der Waals surface area (Å²) in [4.78, 5) is 11.7. The van der Waals surface area contributed by atoms with Crippen LogP contribution in [0.15, 0.2) is 24.3 Å². The Labute approximate surface area is 113 Å². The molecule has 1 aromatic carbocycles. The van der Waals surface area contributed by atoms with Crippen LogP contribution in [0.5, 0.6) is 0 Å². The lowest BCUT2D eigenvalue weighted by Crippen LogP contribution is -2.33. The first-order valence-corrected chi connectivity index (χ1v) is 6.85. The van der Waals surface area contributed by atoms with Crippen molar-refractivity contribution in [1.82, 2.24) is 5.32 Å². The fourth-order valence-corrected chi connectivity index (χ4v) is 2.15. The fourth-order valence-electron chi connectivity index (χ4n) is 2.15. The maximum absolute atomic E-state index is 13.0. The van der Waals surface area contributed by atoms with E-state index in [-0.39, 0.29) is 17.1 Å². The van der Waals surface area contributed by atoms with E-state index in [0.717, 1.165) is 31.2 Å². The van der Waals surface area contributed by atoms with Gasteiger partial charge in [0.1, 0.15) is 5.82 Å². The Morgan fingerprint density at radius 3 is 2.84 bits per heavy atom. The minimum absolute atomic E-state index is 0.0659. The SMILES string of the molecule is NCC1(CNC(=O)CCCc2cccc(F)c2)CC1. The Balaban J connectivity index is 1.64. The minimum Gasteiger partial charge on any atom is -0.355 e. The highest BCUT2D eigenvalue weighted by Gasteiger charge is 2.41. The number of hydrogen-bond acceptors (Lipinski definition) is 2. The summed E-state index contributed by atoms with van der Waals surface area (Å²) in [5.74, 6) is -0.156. The lowest BCUT2D eigenvalue weighted by atomic mass is 10.1. The third kappa shape index (κ3) is 4.31. The summed E-state index contributed by atoms with van der Waals surface area (Å²) in [6, 6.07) is 6.53. The molecule has 1 fully saturated rings. The van der Waals surface area contributed by atoms with Gasteiger partial charge in [0.05, 0.1) is 0 Å². The van der Waals surface area contributed by atoms with E-state index in [2.05, 4.69) is 5.32 Å². The molecule has 0 aliphatic heterocycles. The molecule has 0 radical (unpaired) electrons. The molecule has 19 heavy (non-hydrogen) atoms. The van der Waals surface area contributed by atoms with E-state index >= 15 is 0 Å². The Morgan fingerprint density at radius 1 is 1.42 bits per heavy atom. The zero-order chi connectivity index (χ0) is 13.7. The number of rotatable bonds is 7. The van der Waals surface area contributed by atoms with Crippen LogP contribution in [-0.4, -0.2) is 19.0 Å². The molecule has 0 atom stereocenters. The molecule has 4 heteroatoms. The molecule has 1 aromatic rings. The average molecular weight is 264 g/mol. The van der Waals surface area contributed by atoms with E-state index in [1.165, 1.54) is 12.1 Å². The van der Waals surface area contributed by atoms with Crippen molar-refractivity contribution in [3.8, 4) is 0 Å². The highest BCUT2D eigenvalue weighted by atomic mass is 19.1. The first kappa shape index (κ1) is 14.0. The first-order chi connectivity index (χ1) is 9.13. The largest absolute Gasteiger partial charge is 0.355 e. The third-order valence-corrected chi connectivity index (χ3v) is 3.81. The van der Waals surface area contributed by atoms with Crippen molar-refractivity contribution in [1.29, 1.82) is 0 Å². The molecule has 3 nitrogen and oxygen atoms in total. The molecule has 0 unspecified atom stereocenters. The van der Waals surface area contributed by atoms with Gasteiger partial charge in [0, 0.05) is 13.0 Å². The predicted molar refractivity (Wildman–Crippen MR) is 73.1 cm³/mol. The first-order valence-electron chi connectivity index (χ1n) is 6.85. The van der Waals surface area contributed by atoms with Crippen LogP contribution in [0, 0.1) is 11.2 Å². The summed E-state index contributed by atoms with van der Waals surface area (Å²) >= 11 is 0.